The fraction of sp³-hybridized carbons (Fsp3) is 0.421. The first-order valence-electron chi connectivity index (χ1n) is 8.85. The zero-order chi connectivity index (χ0) is 20.2. The van der Waals surface area contributed by atoms with Gasteiger partial charge in [0.05, 0.1) is 6.10 Å². The molecule has 3 heterocycles. The number of carbonyl (C=O) groups excluding carboxylic acids is 1. The molecule has 3 aromatic rings. The van der Waals surface area contributed by atoms with E-state index in [-0.39, 0.29) is 13.0 Å². The summed E-state index contributed by atoms with van der Waals surface area (Å²) in [6.45, 7) is 5.55. The van der Waals surface area contributed by atoms with Gasteiger partial charge >= 0.3 is 5.97 Å². The number of rotatable bonds is 2. The van der Waals surface area contributed by atoms with Crippen LogP contribution in [0.3, 0.4) is 0 Å². The van der Waals surface area contributed by atoms with Crippen LogP contribution in [0.15, 0.2) is 27.3 Å². The molecule has 0 unspecified atom stereocenters. The van der Waals surface area contributed by atoms with Gasteiger partial charge in [0.1, 0.15) is 28.6 Å². The number of aliphatic hydroxyl groups is 1. The number of nitrogens with zero attached hydrogens (tertiary/aromatic N) is 3. The van der Waals surface area contributed by atoms with E-state index in [0.717, 1.165) is 0 Å². The van der Waals surface area contributed by atoms with Crippen LogP contribution in [-0.4, -0.2) is 45.3 Å². The van der Waals surface area contributed by atoms with E-state index >= 15 is 0 Å². The van der Waals surface area contributed by atoms with Crippen molar-refractivity contribution in [2.75, 3.05) is 11.4 Å². The smallest absolute Gasteiger partial charge is 0.329 e. The van der Waals surface area contributed by atoms with Gasteiger partial charge in [-0.25, -0.2) is 19.2 Å². The van der Waals surface area contributed by atoms with Gasteiger partial charge in [-0.3, -0.25) is 0 Å². The van der Waals surface area contributed by atoms with Crippen LogP contribution in [0.1, 0.15) is 27.2 Å². The maximum absolute atomic E-state index is 13.6. The molecule has 0 amide bonds. The van der Waals surface area contributed by atoms with E-state index in [1.807, 2.05) is 0 Å². The molecule has 0 radical (unpaired) electrons. The van der Waals surface area contributed by atoms with Crippen LogP contribution in [0.25, 0.3) is 22.1 Å². The minimum Gasteiger partial charge on any atom is -0.458 e. The normalized spacial score (nSPS) is 20.3. The Balaban J connectivity index is 1.84. The average Bonchev–Trinajstić information content (AvgIpc) is 3.12. The molecular formula is C19H19BrFN3O4. The molecule has 2 atom stereocenters. The van der Waals surface area contributed by atoms with Gasteiger partial charge in [0.2, 0.25) is 0 Å². The largest absolute Gasteiger partial charge is 0.458 e. The predicted molar refractivity (Wildman–Crippen MR) is 105 cm³/mol. The maximum atomic E-state index is 13.6. The zero-order valence-corrected chi connectivity index (χ0v) is 17.2. The average molecular weight is 452 g/mol. The third-order valence-electron chi connectivity index (χ3n) is 4.46. The first kappa shape index (κ1) is 19.1. The number of ether oxygens (including phenoxy) is 1. The Morgan fingerprint density at radius 3 is 2.86 bits per heavy atom. The Kier molecular flexibility index (Phi) is 4.54. The minimum atomic E-state index is -0.719. The molecule has 148 valence electrons. The van der Waals surface area contributed by atoms with Crippen LogP contribution in [0.4, 0.5) is 10.2 Å². The van der Waals surface area contributed by atoms with Crippen molar-refractivity contribution in [1.29, 1.82) is 0 Å². The van der Waals surface area contributed by atoms with Crippen LogP contribution >= 0.6 is 15.9 Å². The number of anilines is 1. The molecule has 1 aromatic carbocycles. The lowest BCUT2D eigenvalue weighted by Gasteiger charge is -2.27. The van der Waals surface area contributed by atoms with Crippen molar-refractivity contribution in [2.45, 2.75) is 44.9 Å². The van der Waals surface area contributed by atoms with Crippen LogP contribution in [-0.2, 0) is 9.53 Å². The van der Waals surface area contributed by atoms with Crippen molar-refractivity contribution in [3.8, 4) is 0 Å². The van der Waals surface area contributed by atoms with E-state index in [4.69, 9.17) is 9.15 Å². The number of benzene rings is 1. The highest BCUT2D eigenvalue weighted by Gasteiger charge is 2.41. The summed E-state index contributed by atoms with van der Waals surface area (Å²) in [4.78, 5) is 23.1. The second-order valence-corrected chi connectivity index (χ2v) is 8.54. The summed E-state index contributed by atoms with van der Waals surface area (Å²) in [6, 6.07) is 3.47. The summed E-state index contributed by atoms with van der Waals surface area (Å²) in [5, 5.41) is 10.8. The number of hydrogen-bond donors (Lipinski definition) is 1. The van der Waals surface area contributed by atoms with Crippen LogP contribution < -0.4 is 4.90 Å². The van der Waals surface area contributed by atoms with Gasteiger partial charge in [-0.1, -0.05) is 0 Å². The molecule has 1 aliphatic rings. The molecule has 4 rings (SSSR count). The van der Waals surface area contributed by atoms with E-state index < -0.39 is 29.5 Å². The molecule has 1 N–H and O–H groups in total. The molecule has 9 heteroatoms. The summed E-state index contributed by atoms with van der Waals surface area (Å²) in [7, 11) is 0. The van der Waals surface area contributed by atoms with Gasteiger partial charge in [-0.15, -0.1) is 0 Å². The van der Waals surface area contributed by atoms with Gasteiger partial charge in [-0.05, 0) is 48.8 Å². The lowest BCUT2D eigenvalue weighted by Crippen LogP contribution is -2.41. The van der Waals surface area contributed by atoms with E-state index in [1.165, 1.54) is 12.1 Å². The Bertz CT molecular complexity index is 1080. The molecule has 0 saturated carbocycles. The first-order valence-corrected chi connectivity index (χ1v) is 9.64. The molecule has 7 nitrogen and oxygen atoms in total. The van der Waals surface area contributed by atoms with Gasteiger partial charge in [-0.2, -0.15) is 0 Å². The number of carbonyl (C=O) groups is 1. The van der Waals surface area contributed by atoms with Crippen molar-refractivity contribution >= 4 is 49.8 Å². The van der Waals surface area contributed by atoms with Crippen LogP contribution in [0, 0.1) is 5.82 Å². The standard InChI is InChI=1S/C19H19BrFN3O4/c1-19(2,3)28-17(26)12-7-10(25)8-24(12)16-15-14(22-18(20)23-16)11-5-4-9(21)6-13(11)27-15/h4-6,10,12,25H,7-8H2,1-3H3/t10-,12-/m0/s1. The van der Waals surface area contributed by atoms with Crippen LogP contribution in [0.2, 0.25) is 0 Å². The minimum absolute atomic E-state index is 0.188. The highest BCUT2D eigenvalue weighted by atomic mass is 79.9. The lowest BCUT2D eigenvalue weighted by molar-refractivity contribution is -0.156. The summed E-state index contributed by atoms with van der Waals surface area (Å²) in [5.74, 6) is -0.529. The molecule has 0 spiro atoms. The third-order valence-corrected chi connectivity index (χ3v) is 4.82. The highest BCUT2D eigenvalue weighted by Crippen LogP contribution is 2.37. The Morgan fingerprint density at radius 1 is 1.39 bits per heavy atom. The van der Waals surface area contributed by atoms with Crippen LogP contribution in [0.5, 0.6) is 0 Å². The Hall–Kier alpha value is -2.26. The number of furan rings is 1. The Morgan fingerprint density at radius 2 is 2.14 bits per heavy atom. The third kappa shape index (κ3) is 3.44. The fourth-order valence-corrected chi connectivity index (χ4v) is 3.76. The topological polar surface area (TPSA) is 88.7 Å². The number of aromatic nitrogens is 2. The summed E-state index contributed by atoms with van der Waals surface area (Å²) < 4.78 is 25.3. The van der Waals surface area contributed by atoms with E-state index in [9.17, 15) is 14.3 Å². The predicted octanol–water partition coefficient (Wildman–Crippen LogP) is 3.56. The number of esters is 1. The highest BCUT2D eigenvalue weighted by molar-refractivity contribution is 9.10. The van der Waals surface area contributed by atoms with Gasteiger partial charge in [0.25, 0.3) is 0 Å². The number of aliphatic hydroxyl groups excluding tert-OH is 1. The maximum Gasteiger partial charge on any atom is 0.329 e. The number of β-amino-alcohol motifs (C(OH)–C–C–N with tert-alkyl or cyclic N) is 1. The Labute approximate surface area is 168 Å². The molecule has 2 aromatic heterocycles. The second kappa shape index (κ2) is 6.66. The van der Waals surface area contributed by atoms with Gasteiger partial charge in [0, 0.05) is 24.4 Å². The number of hydrogen-bond acceptors (Lipinski definition) is 7. The molecule has 28 heavy (non-hydrogen) atoms. The summed E-state index contributed by atoms with van der Waals surface area (Å²) >= 11 is 3.29. The summed E-state index contributed by atoms with van der Waals surface area (Å²) in [6.07, 6.45) is -0.504. The van der Waals surface area contributed by atoms with Crippen molar-refractivity contribution in [3.05, 3.63) is 28.7 Å². The first-order chi connectivity index (χ1) is 13.1. The lowest BCUT2D eigenvalue weighted by atomic mass is 10.1. The molecule has 1 saturated heterocycles. The molecular weight excluding hydrogens is 433 g/mol. The van der Waals surface area contributed by atoms with Crippen molar-refractivity contribution in [2.24, 2.45) is 0 Å². The number of fused-ring (bicyclic) bond motifs is 3. The summed E-state index contributed by atoms with van der Waals surface area (Å²) in [5.41, 5.74) is 0.495. The zero-order valence-electron chi connectivity index (χ0n) is 15.6. The second-order valence-electron chi connectivity index (χ2n) is 7.83. The van der Waals surface area contributed by atoms with Crippen molar-refractivity contribution < 1.29 is 23.4 Å². The number of halogens is 2. The quantitative estimate of drug-likeness (QED) is 0.470. The van der Waals surface area contributed by atoms with E-state index in [2.05, 4.69) is 25.9 Å². The van der Waals surface area contributed by atoms with Crippen molar-refractivity contribution in [1.82, 2.24) is 9.97 Å². The molecule has 1 aliphatic heterocycles. The van der Waals surface area contributed by atoms with Crippen molar-refractivity contribution in [3.63, 3.8) is 0 Å². The molecule has 0 bridgehead atoms. The van der Waals surface area contributed by atoms with Gasteiger partial charge in [0.15, 0.2) is 16.1 Å². The van der Waals surface area contributed by atoms with Gasteiger partial charge < -0.3 is 19.2 Å². The molecule has 1 fully saturated rings. The SMILES string of the molecule is CC(C)(C)OC(=O)[C@@H]1C[C@H](O)CN1c1nc(Br)nc2c1oc1cc(F)ccc12. The van der Waals surface area contributed by atoms with E-state index in [1.54, 1.807) is 31.7 Å². The molecule has 0 aliphatic carbocycles. The fourth-order valence-electron chi connectivity index (χ4n) is 3.41. The van der Waals surface area contributed by atoms with E-state index in [0.29, 0.717) is 32.6 Å². The monoisotopic (exact) mass is 451 g/mol.